The Hall–Kier alpha value is -1.52. The van der Waals surface area contributed by atoms with Crippen LogP contribution in [0.5, 0.6) is 0 Å². The van der Waals surface area contributed by atoms with Crippen LogP contribution in [-0.4, -0.2) is 36.2 Å². The van der Waals surface area contributed by atoms with Crippen molar-refractivity contribution in [3.63, 3.8) is 0 Å². The van der Waals surface area contributed by atoms with Gasteiger partial charge in [-0.15, -0.1) is 0 Å². The van der Waals surface area contributed by atoms with E-state index in [0.717, 1.165) is 25.9 Å². The Morgan fingerprint density at radius 2 is 2.07 bits per heavy atom. The first kappa shape index (κ1) is 11.6. The number of hydrogen-bond donors (Lipinski definition) is 2. The third kappa shape index (κ3) is 3.61. The van der Waals surface area contributed by atoms with Crippen LogP contribution in [0.4, 0.5) is 0 Å². The van der Waals surface area contributed by atoms with E-state index in [-0.39, 0.29) is 11.9 Å². The number of nitrogens with zero attached hydrogens (tertiary/aromatic N) is 2. The first-order valence-electron chi connectivity index (χ1n) is 5.09. The van der Waals surface area contributed by atoms with Crippen molar-refractivity contribution in [1.82, 2.24) is 4.90 Å². The number of rotatable bonds is 2. The number of carbonyl (C=O) groups is 1. The van der Waals surface area contributed by atoms with Crippen molar-refractivity contribution in [3.8, 4) is 0 Å². The Morgan fingerprint density at radius 1 is 1.47 bits per heavy atom. The van der Waals surface area contributed by atoms with Gasteiger partial charge in [-0.1, -0.05) is 0 Å². The molecule has 84 valence electrons. The molecule has 5 nitrogen and oxygen atoms in total. The van der Waals surface area contributed by atoms with Crippen LogP contribution < -0.4 is 11.5 Å². The van der Waals surface area contributed by atoms with Gasteiger partial charge in [-0.25, -0.2) is 0 Å². The quantitative estimate of drug-likeness (QED) is 0.620. The second-order valence-corrected chi connectivity index (χ2v) is 3.68. The summed E-state index contributed by atoms with van der Waals surface area (Å²) in [5.41, 5.74) is 11.2. The molecule has 0 spiro atoms. The summed E-state index contributed by atoms with van der Waals surface area (Å²) in [7, 11) is 0. The Morgan fingerprint density at radius 3 is 2.53 bits per heavy atom. The minimum absolute atomic E-state index is 0.138. The summed E-state index contributed by atoms with van der Waals surface area (Å²) in [5, 5.41) is 0. The lowest BCUT2D eigenvalue weighted by Crippen LogP contribution is -2.38. The van der Waals surface area contributed by atoms with Crippen molar-refractivity contribution in [2.75, 3.05) is 13.1 Å². The molecular formula is C10H18N4O. The molecule has 0 bridgehead atoms. The van der Waals surface area contributed by atoms with Gasteiger partial charge in [-0.2, -0.15) is 0 Å². The first-order chi connectivity index (χ1) is 7.13. The van der Waals surface area contributed by atoms with Crippen molar-refractivity contribution in [1.29, 1.82) is 0 Å². The standard InChI is InChI=1S/C10H18N4O/c1-8(15)14-4-2-10(3-5-14)13-7-9(12)6-11/h6-7,10H,2-5,11-12H2,1H3. The van der Waals surface area contributed by atoms with Crippen molar-refractivity contribution in [3.05, 3.63) is 11.9 Å². The first-order valence-corrected chi connectivity index (χ1v) is 5.09. The number of allylic oxidation sites excluding steroid dienone is 1. The molecule has 0 atom stereocenters. The zero-order valence-electron chi connectivity index (χ0n) is 9.02. The monoisotopic (exact) mass is 210 g/mol. The van der Waals surface area contributed by atoms with Gasteiger partial charge >= 0.3 is 0 Å². The lowest BCUT2D eigenvalue weighted by Gasteiger charge is -2.29. The van der Waals surface area contributed by atoms with Crippen molar-refractivity contribution in [2.24, 2.45) is 16.5 Å². The van der Waals surface area contributed by atoms with E-state index in [9.17, 15) is 4.79 Å². The zero-order valence-corrected chi connectivity index (χ0v) is 9.02. The van der Waals surface area contributed by atoms with Crippen molar-refractivity contribution < 1.29 is 4.79 Å². The van der Waals surface area contributed by atoms with Gasteiger partial charge in [0.2, 0.25) is 5.91 Å². The van der Waals surface area contributed by atoms with E-state index in [0.29, 0.717) is 5.70 Å². The SMILES string of the molecule is CC(=O)N1CCC(N=CC(N)=CN)CC1. The van der Waals surface area contributed by atoms with Crippen LogP contribution in [0.3, 0.4) is 0 Å². The second-order valence-electron chi connectivity index (χ2n) is 3.68. The fourth-order valence-electron chi connectivity index (χ4n) is 1.56. The smallest absolute Gasteiger partial charge is 0.219 e. The van der Waals surface area contributed by atoms with Crippen LogP contribution in [0.1, 0.15) is 19.8 Å². The van der Waals surface area contributed by atoms with Crippen LogP contribution in [0.25, 0.3) is 0 Å². The molecule has 1 fully saturated rings. The fraction of sp³-hybridized carbons (Fsp3) is 0.600. The maximum atomic E-state index is 11.1. The van der Waals surface area contributed by atoms with Gasteiger partial charge in [0.15, 0.2) is 0 Å². The predicted octanol–water partition coefficient (Wildman–Crippen LogP) is -0.173. The minimum Gasteiger partial charge on any atom is -0.403 e. The maximum Gasteiger partial charge on any atom is 0.219 e. The third-order valence-corrected chi connectivity index (χ3v) is 2.54. The number of amides is 1. The molecule has 0 unspecified atom stereocenters. The van der Waals surface area contributed by atoms with Crippen LogP contribution >= 0.6 is 0 Å². The number of piperidine rings is 1. The molecule has 1 aliphatic rings. The topological polar surface area (TPSA) is 84.7 Å². The lowest BCUT2D eigenvalue weighted by molar-refractivity contribution is -0.129. The van der Waals surface area contributed by atoms with Gasteiger partial charge in [0.25, 0.3) is 0 Å². The predicted molar refractivity (Wildman–Crippen MR) is 60.2 cm³/mol. The van der Waals surface area contributed by atoms with Gasteiger partial charge in [0.1, 0.15) is 0 Å². The minimum atomic E-state index is 0.138. The zero-order chi connectivity index (χ0) is 11.3. The van der Waals surface area contributed by atoms with E-state index in [4.69, 9.17) is 11.5 Å². The highest BCUT2D eigenvalue weighted by atomic mass is 16.2. The Balaban J connectivity index is 2.38. The largest absolute Gasteiger partial charge is 0.403 e. The van der Waals surface area contributed by atoms with Crippen molar-refractivity contribution >= 4 is 12.1 Å². The summed E-state index contributed by atoms with van der Waals surface area (Å²) in [4.78, 5) is 17.2. The van der Waals surface area contributed by atoms with Crippen LogP contribution in [0.2, 0.25) is 0 Å². The molecule has 0 aromatic carbocycles. The molecule has 1 heterocycles. The molecule has 5 heteroatoms. The Labute approximate surface area is 89.8 Å². The highest BCUT2D eigenvalue weighted by molar-refractivity contribution is 5.77. The molecule has 0 radical (unpaired) electrons. The Kier molecular flexibility index (Phi) is 4.15. The van der Waals surface area contributed by atoms with E-state index >= 15 is 0 Å². The average Bonchev–Trinajstić information content (AvgIpc) is 2.26. The van der Waals surface area contributed by atoms with E-state index in [1.54, 1.807) is 13.1 Å². The van der Waals surface area contributed by atoms with Gasteiger partial charge < -0.3 is 16.4 Å². The Bertz CT molecular complexity index is 277. The maximum absolute atomic E-state index is 11.1. The lowest BCUT2D eigenvalue weighted by atomic mass is 10.1. The summed E-state index contributed by atoms with van der Waals surface area (Å²) in [6, 6.07) is 0.263. The van der Waals surface area contributed by atoms with Gasteiger partial charge in [-0.05, 0) is 12.8 Å². The molecule has 0 aromatic heterocycles. The number of nitrogens with two attached hydrogens (primary N) is 2. The number of aliphatic imine (C=N–C) groups is 1. The molecule has 1 amide bonds. The van der Waals surface area contributed by atoms with E-state index in [2.05, 4.69) is 4.99 Å². The molecule has 15 heavy (non-hydrogen) atoms. The third-order valence-electron chi connectivity index (χ3n) is 2.54. The molecule has 0 aromatic rings. The van der Waals surface area contributed by atoms with Crippen LogP contribution in [0, 0.1) is 0 Å². The van der Waals surface area contributed by atoms with Gasteiger partial charge in [0, 0.05) is 32.4 Å². The number of carbonyl (C=O) groups excluding carboxylic acids is 1. The molecule has 0 saturated carbocycles. The highest BCUT2D eigenvalue weighted by Crippen LogP contribution is 2.13. The molecule has 1 rings (SSSR count). The summed E-state index contributed by atoms with van der Waals surface area (Å²) in [6.07, 6.45) is 4.71. The summed E-state index contributed by atoms with van der Waals surface area (Å²) >= 11 is 0. The highest BCUT2D eigenvalue weighted by Gasteiger charge is 2.19. The van der Waals surface area contributed by atoms with E-state index in [1.807, 2.05) is 4.90 Å². The second kappa shape index (κ2) is 5.38. The number of hydrogen-bond acceptors (Lipinski definition) is 4. The van der Waals surface area contributed by atoms with E-state index in [1.165, 1.54) is 6.20 Å². The molecule has 1 saturated heterocycles. The van der Waals surface area contributed by atoms with Crippen molar-refractivity contribution in [2.45, 2.75) is 25.8 Å². The van der Waals surface area contributed by atoms with Crippen LogP contribution in [-0.2, 0) is 4.79 Å². The fourth-order valence-corrected chi connectivity index (χ4v) is 1.56. The summed E-state index contributed by atoms with van der Waals surface area (Å²) < 4.78 is 0. The molecule has 1 aliphatic heterocycles. The van der Waals surface area contributed by atoms with Crippen LogP contribution in [0.15, 0.2) is 16.9 Å². The normalized spacial score (nSPS) is 19.8. The van der Waals surface area contributed by atoms with Gasteiger partial charge in [-0.3, -0.25) is 9.79 Å². The molecule has 4 N–H and O–H groups in total. The summed E-state index contributed by atoms with van der Waals surface area (Å²) in [6.45, 7) is 3.16. The average molecular weight is 210 g/mol. The summed E-state index contributed by atoms with van der Waals surface area (Å²) in [5.74, 6) is 0.138. The molecule has 0 aliphatic carbocycles. The van der Waals surface area contributed by atoms with Gasteiger partial charge in [0.05, 0.1) is 11.7 Å². The molecular weight excluding hydrogens is 192 g/mol. The van der Waals surface area contributed by atoms with E-state index < -0.39 is 0 Å². The number of likely N-dealkylation sites (tertiary alicyclic amines) is 1.